The van der Waals surface area contributed by atoms with Crippen LogP contribution < -0.4 is 9.80 Å². The largest absolute Gasteiger partial charge is 0.355 e. The van der Waals surface area contributed by atoms with E-state index in [-0.39, 0.29) is 0 Å². The van der Waals surface area contributed by atoms with Gasteiger partial charge in [0, 0.05) is 22.9 Å². The quantitative estimate of drug-likeness (QED) is 0.736. The molecule has 2 aromatic carbocycles. The Hall–Kier alpha value is -1.52. The topological polar surface area (TPSA) is 6.48 Å². The number of nitrogens with zero attached hydrogens (tertiary/aromatic N) is 2. The number of likely N-dealkylation sites (N-methyl/N-ethyl adjacent to an activating group) is 1. The van der Waals surface area contributed by atoms with E-state index in [0.717, 1.165) is 13.1 Å². The molecule has 2 aliphatic heterocycles. The van der Waals surface area contributed by atoms with Crippen molar-refractivity contribution in [2.45, 2.75) is 29.0 Å². The molecule has 0 radical (unpaired) electrons. The number of thioether (sulfide) groups is 2. The average Bonchev–Trinajstić information content (AvgIpc) is 3.11. The van der Waals surface area contributed by atoms with Gasteiger partial charge in [-0.05, 0) is 44.2 Å². The van der Waals surface area contributed by atoms with E-state index in [9.17, 15) is 0 Å². The monoisotopic (exact) mass is 340 g/mol. The molecule has 0 saturated carbocycles. The Kier molecular flexibility index (Phi) is 4.04. The van der Waals surface area contributed by atoms with Gasteiger partial charge in [0.1, 0.15) is 5.37 Å². The second-order valence-electron chi connectivity index (χ2n) is 5.58. The molecule has 0 amide bonds. The van der Waals surface area contributed by atoms with E-state index in [1.807, 2.05) is 23.5 Å². The van der Waals surface area contributed by atoms with E-state index < -0.39 is 0 Å². The molecule has 1 unspecified atom stereocenters. The van der Waals surface area contributed by atoms with Crippen molar-refractivity contribution in [3.05, 3.63) is 59.6 Å². The number of fused-ring (bicyclic) bond motifs is 2. The fraction of sp³-hybridized carbons (Fsp3) is 0.263. The minimum absolute atomic E-state index is 0.378. The van der Waals surface area contributed by atoms with Gasteiger partial charge >= 0.3 is 0 Å². The van der Waals surface area contributed by atoms with E-state index >= 15 is 0 Å². The summed E-state index contributed by atoms with van der Waals surface area (Å²) >= 11 is 3.85. The van der Waals surface area contributed by atoms with Crippen LogP contribution in [-0.4, -0.2) is 18.5 Å². The van der Waals surface area contributed by atoms with Crippen molar-refractivity contribution in [2.75, 3.05) is 22.9 Å². The van der Waals surface area contributed by atoms with Crippen molar-refractivity contribution in [2.24, 2.45) is 0 Å². The minimum atomic E-state index is 0.378. The average molecular weight is 341 g/mol. The first-order valence-corrected chi connectivity index (χ1v) is 9.80. The summed E-state index contributed by atoms with van der Waals surface area (Å²) in [4.78, 5) is 7.67. The molecule has 0 bridgehead atoms. The predicted molar refractivity (Wildman–Crippen MR) is 103 cm³/mol. The molecule has 4 rings (SSSR count). The summed E-state index contributed by atoms with van der Waals surface area (Å²) < 4.78 is 0. The van der Waals surface area contributed by atoms with Crippen molar-refractivity contribution in [1.29, 1.82) is 0 Å². The number of rotatable bonds is 3. The molecule has 0 N–H and O–H groups in total. The fourth-order valence-electron chi connectivity index (χ4n) is 3.22. The minimum Gasteiger partial charge on any atom is -0.355 e. The highest BCUT2D eigenvalue weighted by atomic mass is 32.2. The van der Waals surface area contributed by atoms with E-state index in [2.05, 4.69) is 78.3 Å². The summed E-state index contributed by atoms with van der Waals surface area (Å²) in [6.45, 7) is 6.50. The van der Waals surface area contributed by atoms with Crippen LogP contribution in [-0.2, 0) is 0 Å². The van der Waals surface area contributed by atoms with Crippen molar-refractivity contribution in [1.82, 2.24) is 0 Å². The maximum absolute atomic E-state index is 2.49. The van der Waals surface area contributed by atoms with Crippen LogP contribution >= 0.6 is 23.5 Å². The lowest BCUT2D eigenvalue weighted by molar-refractivity contribution is 0.871. The van der Waals surface area contributed by atoms with E-state index in [4.69, 9.17) is 0 Å². The van der Waals surface area contributed by atoms with Crippen LogP contribution in [0.3, 0.4) is 0 Å². The second-order valence-corrected chi connectivity index (χ2v) is 7.80. The van der Waals surface area contributed by atoms with Gasteiger partial charge in [0.15, 0.2) is 0 Å². The Balaban J connectivity index is 1.67. The third kappa shape index (κ3) is 2.54. The van der Waals surface area contributed by atoms with Gasteiger partial charge in [-0.3, -0.25) is 0 Å². The molecule has 2 heterocycles. The number of hydrogen-bond acceptors (Lipinski definition) is 4. The van der Waals surface area contributed by atoms with Gasteiger partial charge in [-0.15, -0.1) is 0 Å². The Morgan fingerprint density at radius 2 is 1.61 bits per heavy atom. The normalized spacial score (nSPS) is 21.0. The van der Waals surface area contributed by atoms with Gasteiger partial charge in [-0.1, -0.05) is 47.8 Å². The van der Waals surface area contributed by atoms with Crippen LogP contribution in [0.2, 0.25) is 0 Å². The molecule has 0 saturated heterocycles. The molecule has 0 fully saturated rings. The number of benzene rings is 2. The van der Waals surface area contributed by atoms with E-state index in [1.54, 1.807) is 0 Å². The molecule has 1 atom stereocenters. The lowest BCUT2D eigenvalue weighted by Crippen LogP contribution is -2.28. The molecule has 2 aliphatic rings. The van der Waals surface area contributed by atoms with E-state index in [0.29, 0.717) is 5.37 Å². The zero-order valence-corrected chi connectivity index (χ0v) is 15.0. The first-order chi connectivity index (χ1) is 11.3. The van der Waals surface area contributed by atoms with Gasteiger partial charge in [-0.2, -0.15) is 0 Å². The Morgan fingerprint density at radius 3 is 2.35 bits per heavy atom. The summed E-state index contributed by atoms with van der Waals surface area (Å²) in [5, 5.41) is 1.74. The Morgan fingerprint density at radius 1 is 0.913 bits per heavy atom. The van der Waals surface area contributed by atoms with Crippen LogP contribution in [0.15, 0.2) is 69.4 Å². The maximum atomic E-state index is 2.49. The number of hydrogen-bond donors (Lipinski definition) is 0. The van der Waals surface area contributed by atoms with Crippen molar-refractivity contribution >= 4 is 34.9 Å². The smallest absolute Gasteiger partial charge is 0.101 e. The van der Waals surface area contributed by atoms with Crippen molar-refractivity contribution in [3.63, 3.8) is 0 Å². The molecule has 0 aromatic heterocycles. The Labute approximate surface area is 146 Å². The number of anilines is 2. The SMILES string of the molecule is CCN1C(=CC2Sc3ccccc3N2CC)Sc2ccccc21. The summed E-state index contributed by atoms with van der Waals surface area (Å²) in [7, 11) is 0. The van der Waals surface area contributed by atoms with Crippen LogP contribution in [0.5, 0.6) is 0 Å². The van der Waals surface area contributed by atoms with Crippen LogP contribution in [0.1, 0.15) is 13.8 Å². The highest BCUT2D eigenvalue weighted by molar-refractivity contribution is 8.04. The van der Waals surface area contributed by atoms with Crippen molar-refractivity contribution < 1.29 is 0 Å². The highest BCUT2D eigenvalue weighted by Crippen LogP contribution is 2.49. The zero-order valence-electron chi connectivity index (χ0n) is 13.4. The van der Waals surface area contributed by atoms with Gasteiger partial charge < -0.3 is 9.80 Å². The number of para-hydroxylation sites is 2. The standard InChI is InChI=1S/C19H20N2S2/c1-3-20-14-9-5-7-11-16(14)22-18(20)13-19-21(4-2)15-10-6-8-12-17(15)23-19/h5-13,18H,3-4H2,1-2H3. The molecule has 4 heteroatoms. The fourth-order valence-corrected chi connectivity index (χ4v) is 5.81. The van der Waals surface area contributed by atoms with Crippen LogP contribution in [0, 0.1) is 0 Å². The summed E-state index contributed by atoms with van der Waals surface area (Å²) in [6, 6.07) is 17.4. The molecule has 0 aliphatic carbocycles. The molecule has 2 aromatic rings. The zero-order chi connectivity index (χ0) is 15.8. The first-order valence-electron chi connectivity index (χ1n) is 8.10. The first kappa shape index (κ1) is 15.0. The van der Waals surface area contributed by atoms with Gasteiger partial charge in [-0.25, -0.2) is 0 Å². The highest BCUT2D eigenvalue weighted by Gasteiger charge is 2.30. The van der Waals surface area contributed by atoms with E-state index in [1.165, 1.54) is 26.2 Å². The van der Waals surface area contributed by atoms with Gasteiger partial charge in [0.25, 0.3) is 0 Å². The molecular weight excluding hydrogens is 320 g/mol. The molecule has 0 spiro atoms. The van der Waals surface area contributed by atoms with Crippen LogP contribution in [0.25, 0.3) is 0 Å². The van der Waals surface area contributed by atoms with Gasteiger partial charge in [0.05, 0.1) is 16.4 Å². The molecule has 118 valence electrons. The lowest BCUT2D eigenvalue weighted by atomic mass is 10.2. The summed E-state index contributed by atoms with van der Waals surface area (Å²) in [5.41, 5.74) is 2.71. The predicted octanol–water partition coefficient (Wildman–Crippen LogP) is 5.42. The van der Waals surface area contributed by atoms with Gasteiger partial charge in [0.2, 0.25) is 0 Å². The van der Waals surface area contributed by atoms with Crippen LogP contribution in [0.4, 0.5) is 11.4 Å². The lowest BCUT2D eigenvalue weighted by Gasteiger charge is -2.25. The Bertz CT molecular complexity index is 757. The maximum Gasteiger partial charge on any atom is 0.101 e. The van der Waals surface area contributed by atoms with Crippen molar-refractivity contribution in [3.8, 4) is 0 Å². The summed E-state index contributed by atoms with van der Waals surface area (Å²) in [5.74, 6) is 0. The summed E-state index contributed by atoms with van der Waals surface area (Å²) in [6.07, 6.45) is 2.43. The third-order valence-corrected chi connectivity index (χ3v) is 6.67. The second kappa shape index (κ2) is 6.17. The molecule has 2 nitrogen and oxygen atoms in total. The molecular formula is C19H20N2S2. The third-order valence-electron chi connectivity index (χ3n) is 4.31. The molecule has 23 heavy (non-hydrogen) atoms.